The van der Waals surface area contributed by atoms with Crippen LogP contribution < -0.4 is 0 Å². The number of amides is 2. The van der Waals surface area contributed by atoms with Gasteiger partial charge in [0.2, 0.25) is 5.91 Å². The molecule has 0 spiro atoms. The first kappa shape index (κ1) is 21.4. The predicted molar refractivity (Wildman–Crippen MR) is 132 cm³/mol. The summed E-state index contributed by atoms with van der Waals surface area (Å²) in [5.74, 6) is 0.552. The summed E-state index contributed by atoms with van der Waals surface area (Å²) in [5.41, 5.74) is 6.01. The van der Waals surface area contributed by atoms with E-state index in [1.54, 1.807) is 6.92 Å². The lowest BCUT2D eigenvalue weighted by molar-refractivity contribution is -0.130. The van der Waals surface area contributed by atoms with E-state index in [0.717, 1.165) is 46.1 Å². The molecule has 2 aliphatic rings. The lowest BCUT2D eigenvalue weighted by Crippen LogP contribution is -2.50. The highest BCUT2D eigenvalue weighted by atomic mass is 16.2. The molecule has 2 aromatic carbocycles. The Morgan fingerprint density at radius 3 is 2.30 bits per heavy atom. The minimum absolute atomic E-state index is 0.0567. The normalized spacial score (nSPS) is 19.6. The van der Waals surface area contributed by atoms with Gasteiger partial charge in [-0.2, -0.15) is 0 Å². The fourth-order valence-electron chi connectivity index (χ4n) is 5.11. The lowest BCUT2D eigenvalue weighted by Gasteiger charge is -2.35. The molecule has 33 heavy (non-hydrogen) atoms. The molecule has 1 fully saturated rings. The number of allylic oxidation sites excluding steroid dienone is 1. The first-order valence-electron chi connectivity index (χ1n) is 11.7. The summed E-state index contributed by atoms with van der Waals surface area (Å²) in [4.78, 5) is 34.4. The summed E-state index contributed by atoms with van der Waals surface area (Å²) >= 11 is 0. The number of piperazine rings is 1. The van der Waals surface area contributed by atoms with Crippen molar-refractivity contribution in [3.05, 3.63) is 77.0 Å². The first-order chi connectivity index (χ1) is 16.0. The molecule has 2 amide bonds. The molecule has 3 aromatic rings. The Labute approximate surface area is 194 Å². The summed E-state index contributed by atoms with van der Waals surface area (Å²) < 4.78 is 0. The van der Waals surface area contributed by atoms with E-state index in [0.29, 0.717) is 32.1 Å². The minimum Gasteiger partial charge on any atom is -0.339 e. The molecular formula is C28H29N3O2. The third kappa shape index (κ3) is 4.15. The van der Waals surface area contributed by atoms with Crippen LogP contribution in [0.25, 0.3) is 22.6 Å². The van der Waals surface area contributed by atoms with E-state index in [1.807, 2.05) is 52.3 Å². The van der Waals surface area contributed by atoms with E-state index in [-0.39, 0.29) is 11.8 Å². The zero-order valence-corrected chi connectivity index (χ0v) is 19.3. The molecule has 5 rings (SSSR count). The predicted octanol–water partition coefficient (Wildman–Crippen LogP) is 4.66. The molecule has 0 radical (unpaired) electrons. The highest BCUT2D eigenvalue weighted by Gasteiger charge is 2.31. The van der Waals surface area contributed by atoms with Crippen molar-refractivity contribution in [1.82, 2.24) is 14.8 Å². The molecule has 168 valence electrons. The molecule has 1 saturated heterocycles. The van der Waals surface area contributed by atoms with Crippen molar-refractivity contribution in [2.45, 2.75) is 26.7 Å². The number of hydrogen-bond acceptors (Lipinski definition) is 3. The smallest absolute Gasteiger partial charge is 0.255 e. The zero-order chi connectivity index (χ0) is 22.9. The van der Waals surface area contributed by atoms with E-state index < -0.39 is 0 Å². The van der Waals surface area contributed by atoms with Gasteiger partial charge in [-0.25, -0.2) is 4.98 Å². The second kappa shape index (κ2) is 8.81. The number of nitrogens with zero attached hydrogens (tertiary/aromatic N) is 3. The van der Waals surface area contributed by atoms with Crippen molar-refractivity contribution < 1.29 is 9.59 Å². The van der Waals surface area contributed by atoms with Crippen molar-refractivity contribution in [1.29, 1.82) is 0 Å². The van der Waals surface area contributed by atoms with Crippen molar-refractivity contribution in [3.8, 4) is 0 Å². The molecular weight excluding hydrogens is 410 g/mol. The van der Waals surface area contributed by atoms with Gasteiger partial charge in [0.1, 0.15) is 0 Å². The number of para-hydroxylation sites is 1. The number of carbonyl (C=O) groups is 2. The van der Waals surface area contributed by atoms with Crippen LogP contribution in [0.4, 0.5) is 0 Å². The number of aromatic nitrogens is 1. The molecule has 1 aliphatic carbocycles. The van der Waals surface area contributed by atoms with Crippen LogP contribution in [0.5, 0.6) is 0 Å². The molecule has 1 atom stereocenters. The molecule has 0 bridgehead atoms. The summed E-state index contributed by atoms with van der Waals surface area (Å²) in [5, 5.41) is 0.920. The standard InChI is InChI=1S/C28H29N3O2/c1-19-16-22(18-21-8-4-3-5-9-21)27-24(17-19)26(23-10-6-7-11-25(23)29-27)28(33)31-14-12-30(13-15-31)20(2)32/h3-11,18-19H,12-17H2,1-2H3/b22-18-/t19-/m0/s1. The third-order valence-corrected chi connectivity index (χ3v) is 6.78. The van der Waals surface area contributed by atoms with Gasteiger partial charge >= 0.3 is 0 Å². The number of fused-ring (bicyclic) bond motifs is 2. The van der Waals surface area contributed by atoms with Gasteiger partial charge in [-0.3, -0.25) is 9.59 Å². The second-order valence-corrected chi connectivity index (χ2v) is 9.22. The van der Waals surface area contributed by atoms with E-state index in [2.05, 4.69) is 25.1 Å². The minimum atomic E-state index is 0.0567. The first-order valence-corrected chi connectivity index (χ1v) is 11.7. The largest absolute Gasteiger partial charge is 0.339 e. The quantitative estimate of drug-likeness (QED) is 0.584. The molecule has 1 aromatic heterocycles. The fraction of sp³-hybridized carbons (Fsp3) is 0.321. The Morgan fingerprint density at radius 1 is 0.909 bits per heavy atom. The van der Waals surface area contributed by atoms with Gasteiger partial charge in [0.05, 0.1) is 16.8 Å². The third-order valence-electron chi connectivity index (χ3n) is 6.78. The number of benzene rings is 2. The summed E-state index contributed by atoms with van der Waals surface area (Å²) in [6.07, 6.45) is 4.00. The van der Waals surface area contributed by atoms with E-state index >= 15 is 0 Å². The molecule has 5 heteroatoms. The van der Waals surface area contributed by atoms with Crippen molar-refractivity contribution in [2.24, 2.45) is 5.92 Å². The Bertz CT molecular complexity index is 1240. The van der Waals surface area contributed by atoms with Crippen molar-refractivity contribution >= 4 is 34.4 Å². The number of hydrogen-bond donors (Lipinski definition) is 0. The SMILES string of the molecule is CC(=O)N1CCN(C(=O)c2c3c(nc4ccccc24)/C(=C\c2ccccc2)C[C@H](C)C3)CC1. The van der Waals surface area contributed by atoms with Crippen LogP contribution in [0.2, 0.25) is 0 Å². The highest BCUT2D eigenvalue weighted by Crippen LogP contribution is 2.39. The lowest BCUT2D eigenvalue weighted by atomic mass is 9.80. The van der Waals surface area contributed by atoms with Crippen LogP contribution >= 0.6 is 0 Å². The van der Waals surface area contributed by atoms with Crippen LogP contribution in [-0.4, -0.2) is 52.8 Å². The Hall–Kier alpha value is -3.47. The summed E-state index contributed by atoms with van der Waals surface area (Å²) in [6.45, 7) is 6.13. The molecule has 0 unspecified atom stereocenters. The van der Waals surface area contributed by atoms with E-state index in [9.17, 15) is 9.59 Å². The van der Waals surface area contributed by atoms with Gasteiger partial charge in [0, 0.05) is 38.5 Å². The number of pyridine rings is 1. The molecule has 5 nitrogen and oxygen atoms in total. The summed E-state index contributed by atoms with van der Waals surface area (Å²) in [7, 11) is 0. The second-order valence-electron chi connectivity index (χ2n) is 9.22. The molecule has 0 saturated carbocycles. The van der Waals surface area contributed by atoms with Crippen LogP contribution in [0.15, 0.2) is 54.6 Å². The monoisotopic (exact) mass is 439 g/mol. The van der Waals surface area contributed by atoms with Gasteiger partial charge in [-0.1, -0.05) is 55.5 Å². The van der Waals surface area contributed by atoms with Crippen LogP contribution in [0, 0.1) is 5.92 Å². The van der Waals surface area contributed by atoms with Gasteiger partial charge in [0.25, 0.3) is 5.91 Å². The van der Waals surface area contributed by atoms with Crippen molar-refractivity contribution in [2.75, 3.05) is 26.2 Å². The highest BCUT2D eigenvalue weighted by molar-refractivity contribution is 6.09. The average molecular weight is 440 g/mol. The van der Waals surface area contributed by atoms with E-state index in [1.165, 1.54) is 5.57 Å². The van der Waals surface area contributed by atoms with Crippen LogP contribution in [0.1, 0.15) is 47.4 Å². The van der Waals surface area contributed by atoms with Gasteiger partial charge in [-0.05, 0) is 47.6 Å². The van der Waals surface area contributed by atoms with Gasteiger partial charge < -0.3 is 9.80 Å². The zero-order valence-electron chi connectivity index (χ0n) is 19.3. The molecule has 1 aliphatic heterocycles. The Balaban J connectivity index is 1.62. The molecule has 0 N–H and O–H groups in total. The Kier molecular flexibility index (Phi) is 5.71. The maximum Gasteiger partial charge on any atom is 0.255 e. The van der Waals surface area contributed by atoms with Crippen LogP contribution in [0.3, 0.4) is 0 Å². The topological polar surface area (TPSA) is 53.5 Å². The van der Waals surface area contributed by atoms with Gasteiger partial charge in [0.15, 0.2) is 0 Å². The van der Waals surface area contributed by atoms with E-state index in [4.69, 9.17) is 4.98 Å². The summed E-state index contributed by atoms with van der Waals surface area (Å²) in [6, 6.07) is 18.3. The number of rotatable bonds is 2. The maximum absolute atomic E-state index is 13.9. The molecule has 2 heterocycles. The Morgan fingerprint density at radius 2 is 1.58 bits per heavy atom. The van der Waals surface area contributed by atoms with Gasteiger partial charge in [-0.15, -0.1) is 0 Å². The van der Waals surface area contributed by atoms with Crippen LogP contribution in [-0.2, 0) is 11.2 Å². The maximum atomic E-state index is 13.9. The fourth-order valence-corrected chi connectivity index (χ4v) is 5.11. The van der Waals surface area contributed by atoms with Crippen molar-refractivity contribution in [3.63, 3.8) is 0 Å². The average Bonchev–Trinajstić information content (AvgIpc) is 2.83. The number of carbonyl (C=O) groups excluding carboxylic acids is 2.